The molecule has 0 aromatic heterocycles. The van der Waals surface area contributed by atoms with Crippen LogP contribution in [0.4, 0.5) is 0 Å². The molecule has 2 saturated heterocycles. The number of rotatable bonds is 6. The fraction of sp³-hybridized carbons (Fsp3) is 0.600. The summed E-state index contributed by atoms with van der Waals surface area (Å²) in [6.07, 6.45) is 5.84. The van der Waals surface area contributed by atoms with Gasteiger partial charge in [0, 0.05) is 24.2 Å². The number of carbonyl (C=O) groups is 2. The number of thioether (sulfide) groups is 1. The van der Waals surface area contributed by atoms with Crippen LogP contribution in [0.1, 0.15) is 41.6 Å². The van der Waals surface area contributed by atoms with E-state index in [4.69, 9.17) is 0 Å². The van der Waals surface area contributed by atoms with Crippen LogP contribution in [-0.4, -0.2) is 59.9 Å². The van der Waals surface area contributed by atoms with Crippen molar-refractivity contribution in [3.05, 3.63) is 35.4 Å². The van der Waals surface area contributed by atoms with Crippen molar-refractivity contribution in [3.63, 3.8) is 0 Å². The molecule has 2 bridgehead atoms. The van der Waals surface area contributed by atoms with Crippen LogP contribution in [0.25, 0.3) is 0 Å². The number of benzene rings is 1. The van der Waals surface area contributed by atoms with Gasteiger partial charge >= 0.3 is 0 Å². The van der Waals surface area contributed by atoms with Gasteiger partial charge in [-0.15, -0.1) is 0 Å². The molecule has 1 aromatic rings. The van der Waals surface area contributed by atoms with Gasteiger partial charge in [0.2, 0.25) is 5.91 Å². The summed E-state index contributed by atoms with van der Waals surface area (Å²) >= 11 is 1.71. The van der Waals surface area contributed by atoms with E-state index in [1.807, 2.05) is 31.4 Å². The lowest BCUT2D eigenvalue weighted by molar-refractivity contribution is -0.135. The zero-order valence-corrected chi connectivity index (χ0v) is 16.5. The standard InChI is InChI=1S/C20H29N3O2S/c1-14-4-3-5-15(12-14)19(24)22-18(9-11-26-2)20(25)23-16-6-7-17(23)13-21-10-8-16/h3-5,12,16-18,21H,6-11,13H2,1-2H3,(H,22,24). The Balaban J connectivity index is 1.74. The normalized spacial score (nSPS) is 23.4. The summed E-state index contributed by atoms with van der Waals surface area (Å²) in [4.78, 5) is 28.1. The molecule has 0 spiro atoms. The largest absolute Gasteiger partial charge is 0.340 e. The minimum Gasteiger partial charge on any atom is -0.340 e. The maximum absolute atomic E-state index is 13.3. The molecular formula is C20H29N3O2S. The fourth-order valence-corrected chi connectivity index (χ4v) is 4.51. The number of hydrogen-bond donors (Lipinski definition) is 2. The van der Waals surface area contributed by atoms with Crippen molar-refractivity contribution in [2.24, 2.45) is 0 Å². The monoisotopic (exact) mass is 375 g/mol. The third-order valence-corrected chi connectivity index (χ3v) is 6.05. The second-order valence-corrected chi connectivity index (χ2v) is 8.29. The topological polar surface area (TPSA) is 61.4 Å². The first kappa shape index (κ1) is 19.2. The lowest BCUT2D eigenvalue weighted by Crippen LogP contribution is -2.53. The van der Waals surface area contributed by atoms with E-state index in [1.165, 1.54) is 0 Å². The smallest absolute Gasteiger partial charge is 0.251 e. The van der Waals surface area contributed by atoms with E-state index in [-0.39, 0.29) is 17.9 Å². The van der Waals surface area contributed by atoms with Crippen LogP contribution in [-0.2, 0) is 4.79 Å². The van der Waals surface area contributed by atoms with Gasteiger partial charge in [0.25, 0.3) is 5.91 Å². The number of carbonyl (C=O) groups excluding carboxylic acids is 2. The zero-order valence-electron chi connectivity index (χ0n) is 15.7. The highest BCUT2D eigenvalue weighted by Crippen LogP contribution is 2.29. The summed E-state index contributed by atoms with van der Waals surface area (Å²) in [7, 11) is 0. The highest BCUT2D eigenvalue weighted by Gasteiger charge is 2.40. The highest BCUT2D eigenvalue weighted by molar-refractivity contribution is 7.98. The van der Waals surface area contributed by atoms with E-state index < -0.39 is 6.04 Å². The molecule has 2 N–H and O–H groups in total. The molecule has 3 unspecified atom stereocenters. The first-order chi connectivity index (χ1) is 12.6. The molecule has 0 aliphatic carbocycles. The molecule has 2 fully saturated rings. The second kappa shape index (κ2) is 8.91. The molecule has 6 heteroatoms. The van der Waals surface area contributed by atoms with Gasteiger partial charge in [-0.2, -0.15) is 11.8 Å². The molecule has 3 atom stereocenters. The maximum Gasteiger partial charge on any atom is 0.251 e. The molecule has 26 heavy (non-hydrogen) atoms. The zero-order chi connectivity index (χ0) is 18.5. The van der Waals surface area contributed by atoms with Crippen molar-refractivity contribution in [1.82, 2.24) is 15.5 Å². The van der Waals surface area contributed by atoms with Crippen LogP contribution >= 0.6 is 11.8 Å². The summed E-state index contributed by atoms with van der Waals surface area (Å²) < 4.78 is 0. The minimum atomic E-state index is -0.448. The van der Waals surface area contributed by atoms with Crippen LogP contribution in [0, 0.1) is 6.92 Å². The summed E-state index contributed by atoms with van der Waals surface area (Å²) in [6, 6.07) is 7.65. The van der Waals surface area contributed by atoms with Gasteiger partial charge in [0.05, 0.1) is 0 Å². The van der Waals surface area contributed by atoms with Crippen LogP contribution in [0.3, 0.4) is 0 Å². The van der Waals surface area contributed by atoms with Crippen molar-refractivity contribution in [3.8, 4) is 0 Å². The number of nitrogens with one attached hydrogen (secondary N) is 2. The predicted molar refractivity (Wildman–Crippen MR) is 107 cm³/mol. The molecule has 1 aromatic carbocycles. The van der Waals surface area contributed by atoms with Gasteiger partial charge in [-0.25, -0.2) is 0 Å². The fourth-order valence-electron chi connectivity index (χ4n) is 4.04. The molecule has 5 nitrogen and oxygen atoms in total. The summed E-state index contributed by atoms with van der Waals surface area (Å²) in [5, 5.41) is 6.45. The van der Waals surface area contributed by atoms with E-state index in [0.717, 1.165) is 43.7 Å². The Morgan fingerprint density at radius 1 is 1.31 bits per heavy atom. The second-order valence-electron chi connectivity index (χ2n) is 7.30. The molecule has 2 heterocycles. The van der Waals surface area contributed by atoms with Gasteiger partial charge in [-0.3, -0.25) is 9.59 Å². The Morgan fingerprint density at radius 3 is 2.88 bits per heavy atom. The third kappa shape index (κ3) is 4.41. The van der Waals surface area contributed by atoms with Crippen LogP contribution < -0.4 is 10.6 Å². The Hall–Kier alpha value is -1.53. The number of nitrogens with zero attached hydrogens (tertiary/aromatic N) is 1. The Morgan fingerprint density at radius 2 is 2.12 bits per heavy atom. The van der Waals surface area contributed by atoms with E-state index in [0.29, 0.717) is 18.0 Å². The van der Waals surface area contributed by atoms with Crippen molar-refractivity contribution in [2.75, 3.05) is 25.1 Å². The quantitative estimate of drug-likeness (QED) is 0.800. The summed E-state index contributed by atoms with van der Waals surface area (Å²) in [6.45, 7) is 3.80. The van der Waals surface area contributed by atoms with E-state index >= 15 is 0 Å². The van der Waals surface area contributed by atoms with Crippen LogP contribution in [0.2, 0.25) is 0 Å². The maximum atomic E-state index is 13.3. The average Bonchev–Trinajstić information content (AvgIpc) is 2.90. The summed E-state index contributed by atoms with van der Waals surface area (Å²) in [5.74, 6) is 0.788. The number of hydrogen-bond acceptors (Lipinski definition) is 4. The molecular weight excluding hydrogens is 346 g/mol. The molecule has 2 amide bonds. The first-order valence-electron chi connectivity index (χ1n) is 9.49. The number of fused-ring (bicyclic) bond motifs is 2. The number of amides is 2. The van der Waals surface area contributed by atoms with Crippen LogP contribution in [0.15, 0.2) is 24.3 Å². The van der Waals surface area contributed by atoms with Crippen LogP contribution in [0.5, 0.6) is 0 Å². The van der Waals surface area contributed by atoms with Gasteiger partial charge in [0.1, 0.15) is 6.04 Å². The van der Waals surface area contributed by atoms with Gasteiger partial charge in [-0.1, -0.05) is 17.7 Å². The first-order valence-corrected chi connectivity index (χ1v) is 10.9. The molecule has 0 saturated carbocycles. The molecule has 0 radical (unpaired) electrons. The Kier molecular flexibility index (Phi) is 6.59. The van der Waals surface area contributed by atoms with Crippen molar-refractivity contribution in [2.45, 2.75) is 50.7 Å². The third-order valence-electron chi connectivity index (χ3n) is 5.40. The average molecular weight is 376 g/mol. The van der Waals surface area contributed by atoms with Gasteiger partial charge in [-0.05, 0) is 63.3 Å². The molecule has 142 valence electrons. The van der Waals surface area contributed by atoms with E-state index in [9.17, 15) is 9.59 Å². The lowest BCUT2D eigenvalue weighted by Gasteiger charge is -2.32. The Bertz CT molecular complexity index is 638. The Labute approximate surface area is 160 Å². The van der Waals surface area contributed by atoms with Gasteiger partial charge in [0.15, 0.2) is 0 Å². The van der Waals surface area contributed by atoms with Gasteiger partial charge < -0.3 is 15.5 Å². The van der Waals surface area contributed by atoms with E-state index in [2.05, 4.69) is 15.5 Å². The number of aryl methyl sites for hydroxylation is 1. The molecule has 3 rings (SSSR count). The minimum absolute atomic E-state index is 0.0938. The summed E-state index contributed by atoms with van der Waals surface area (Å²) in [5.41, 5.74) is 1.66. The molecule has 2 aliphatic heterocycles. The van der Waals surface area contributed by atoms with Crippen molar-refractivity contribution >= 4 is 23.6 Å². The highest BCUT2D eigenvalue weighted by atomic mass is 32.2. The van der Waals surface area contributed by atoms with Crippen molar-refractivity contribution in [1.29, 1.82) is 0 Å². The SMILES string of the molecule is CSCCC(NC(=O)c1cccc(C)c1)C(=O)N1C2CCNCC1CC2. The predicted octanol–water partition coefficient (Wildman–Crippen LogP) is 2.20. The van der Waals surface area contributed by atoms with Crippen molar-refractivity contribution < 1.29 is 9.59 Å². The van der Waals surface area contributed by atoms with E-state index in [1.54, 1.807) is 17.8 Å². The lowest BCUT2D eigenvalue weighted by atomic mass is 10.1. The molecule has 2 aliphatic rings.